The van der Waals surface area contributed by atoms with Crippen LogP contribution in [0.25, 0.3) is 0 Å². The molecule has 0 aromatic carbocycles. The Bertz CT molecular complexity index is 451. The van der Waals surface area contributed by atoms with Crippen LogP contribution < -0.4 is 5.32 Å². The Morgan fingerprint density at radius 1 is 1.53 bits per heavy atom. The lowest BCUT2D eigenvalue weighted by atomic mass is 9.81. The summed E-state index contributed by atoms with van der Waals surface area (Å²) in [6, 6.07) is 1.81. The van der Waals surface area contributed by atoms with Gasteiger partial charge in [0.2, 0.25) is 0 Å². The van der Waals surface area contributed by atoms with Gasteiger partial charge in [0.25, 0.3) is 0 Å². The zero-order valence-electron chi connectivity index (χ0n) is 10.9. The van der Waals surface area contributed by atoms with Crippen molar-refractivity contribution in [3.8, 4) is 0 Å². The first-order valence-corrected chi connectivity index (χ1v) is 7.48. The van der Waals surface area contributed by atoms with E-state index >= 15 is 0 Å². The normalized spacial score (nSPS) is 18.3. The summed E-state index contributed by atoms with van der Waals surface area (Å²) < 4.78 is 6.27. The standard InChI is InChI=1S/C13H18BrClN2O2/c1-9-6-10(15)17-12(11(9)14)16-7-13(8-18)2-4-19-5-3-13/h6,18H,2-5,7-8H2,1H3,(H,16,17). The van der Waals surface area contributed by atoms with Gasteiger partial charge in [-0.1, -0.05) is 11.6 Å². The number of aliphatic hydroxyl groups is 1. The molecule has 4 nitrogen and oxygen atoms in total. The molecule has 2 rings (SSSR count). The van der Waals surface area contributed by atoms with Crippen LogP contribution in [-0.2, 0) is 4.74 Å². The van der Waals surface area contributed by atoms with E-state index in [1.54, 1.807) is 0 Å². The van der Waals surface area contributed by atoms with Crippen molar-refractivity contribution in [2.45, 2.75) is 19.8 Å². The van der Waals surface area contributed by atoms with E-state index in [0.717, 1.165) is 28.7 Å². The molecule has 0 spiro atoms. The van der Waals surface area contributed by atoms with Crippen LogP contribution in [0.1, 0.15) is 18.4 Å². The summed E-state index contributed by atoms with van der Waals surface area (Å²) in [5.74, 6) is 0.726. The summed E-state index contributed by atoms with van der Waals surface area (Å²) in [4.78, 5) is 4.28. The maximum absolute atomic E-state index is 9.64. The predicted octanol–water partition coefficient (Wildman–Crippen LogP) is 3.01. The Balaban J connectivity index is 2.09. The monoisotopic (exact) mass is 348 g/mol. The topological polar surface area (TPSA) is 54.4 Å². The van der Waals surface area contributed by atoms with Gasteiger partial charge in [-0.25, -0.2) is 4.98 Å². The minimum absolute atomic E-state index is 0.129. The van der Waals surface area contributed by atoms with Gasteiger partial charge in [-0.05, 0) is 47.3 Å². The lowest BCUT2D eigenvalue weighted by Crippen LogP contribution is -2.39. The number of halogens is 2. The minimum Gasteiger partial charge on any atom is -0.396 e. The van der Waals surface area contributed by atoms with E-state index in [0.29, 0.717) is 24.9 Å². The second kappa shape index (κ2) is 6.39. The van der Waals surface area contributed by atoms with Gasteiger partial charge in [-0.3, -0.25) is 0 Å². The fourth-order valence-electron chi connectivity index (χ4n) is 2.20. The zero-order chi connectivity index (χ0) is 13.9. The molecule has 0 radical (unpaired) electrons. The van der Waals surface area contributed by atoms with Crippen LogP contribution in [-0.4, -0.2) is 36.5 Å². The third-order valence-corrected chi connectivity index (χ3v) is 4.82. The number of hydrogen-bond acceptors (Lipinski definition) is 4. The van der Waals surface area contributed by atoms with Gasteiger partial charge < -0.3 is 15.2 Å². The van der Waals surface area contributed by atoms with Gasteiger partial charge in [0, 0.05) is 25.2 Å². The number of nitrogens with zero attached hydrogens (tertiary/aromatic N) is 1. The van der Waals surface area contributed by atoms with E-state index in [1.165, 1.54) is 0 Å². The molecule has 1 aliphatic rings. The molecule has 1 aliphatic heterocycles. The molecule has 106 valence electrons. The van der Waals surface area contributed by atoms with Crippen molar-refractivity contribution in [3.05, 3.63) is 21.3 Å². The molecule has 6 heteroatoms. The number of anilines is 1. The molecule has 2 heterocycles. The maximum Gasteiger partial charge on any atom is 0.142 e. The Morgan fingerprint density at radius 2 is 2.21 bits per heavy atom. The van der Waals surface area contributed by atoms with Gasteiger partial charge in [0.05, 0.1) is 11.1 Å². The van der Waals surface area contributed by atoms with Crippen LogP contribution in [0.3, 0.4) is 0 Å². The summed E-state index contributed by atoms with van der Waals surface area (Å²) in [5, 5.41) is 13.4. The van der Waals surface area contributed by atoms with E-state index in [-0.39, 0.29) is 12.0 Å². The maximum atomic E-state index is 9.64. The van der Waals surface area contributed by atoms with Crippen LogP contribution in [0.4, 0.5) is 5.82 Å². The Labute approximate surface area is 126 Å². The highest BCUT2D eigenvalue weighted by atomic mass is 79.9. The van der Waals surface area contributed by atoms with Crippen LogP contribution in [0.15, 0.2) is 10.5 Å². The Morgan fingerprint density at radius 3 is 2.84 bits per heavy atom. The average molecular weight is 350 g/mol. The highest BCUT2D eigenvalue weighted by Gasteiger charge is 2.32. The first kappa shape index (κ1) is 15.0. The van der Waals surface area contributed by atoms with E-state index in [4.69, 9.17) is 16.3 Å². The van der Waals surface area contributed by atoms with Gasteiger partial charge in [0.1, 0.15) is 11.0 Å². The second-order valence-electron chi connectivity index (χ2n) is 5.05. The third-order valence-electron chi connectivity index (χ3n) is 3.63. The smallest absolute Gasteiger partial charge is 0.142 e. The average Bonchev–Trinajstić information content (AvgIpc) is 2.42. The van der Waals surface area contributed by atoms with Crippen molar-refractivity contribution >= 4 is 33.3 Å². The molecule has 0 amide bonds. The summed E-state index contributed by atoms with van der Waals surface area (Å²) in [6.07, 6.45) is 1.71. The van der Waals surface area contributed by atoms with Crippen LogP contribution in [0.2, 0.25) is 5.15 Å². The predicted molar refractivity (Wildman–Crippen MR) is 79.7 cm³/mol. The first-order chi connectivity index (χ1) is 9.06. The molecule has 0 saturated carbocycles. The van der Waals surface area contributed by atoms with Crippen molar-refractivity contribution in [1.82, 2.24) is 4.98 Å². The van der Waals surface area contributed by atoms with Gasteiger partial charge >= 0.3 is 0 Å². The van der Waals surface area contributed by atoms with Crippen molar-refractivity contribution < 1.29 is 9.84 Å². The summed E-state index contributed by atoms with van der Waals surface area (Å²) in [5.41, 5.74) is 0.905. The van der Waals surface area contributed by atoms with Crippen molar-refractivity contribution in [2.75, 3.05) is 31.7 Å². The highest BCUT2D eigenvalue weighted by Crippen LogP contribution is 2.32. The fourth-order valence-corrected chi connectivity index (χ4v) is 2.79. The quantitative estimate of drug-likeness (QED) is 0.821. The number of pyridine rings is 1. The molecule has 0 aliphatic carbocycles. The fraction of sp³-hybridized carbons (Fsp3) is 0.615. The number of aryl methyl sites for hydroxylation is 1. The van der Waals surface area contributed by atoms with Gasteiger partial charge in [-0.15, -0.1) is 0 Å². The van der Waals surface area contributed by atoms with Crippen molar-refractivity contribution in [2.24, 2.45) is 5.41 Å². The SMILES string of the molecule is Cc1cc(Cl)nc(NCC2(CO)CCOCC2)c1Br. The summed E-state index contributed by atoms with van der Waals surface area (Å²) in [7, 11) is 0. The number of aromatic nitrogens is 1. The molecular formula is C13H18BrClN2O2. The van der Waals surface area contributed by atoms with Crippen molar-refractivity contribution in [1.29, 1.82) is 0 Å². The largest absolute Gasteiger partial charge is 0.396 e. The van der Waals surface area contributed by atoms with Gasteiger partial charge in [-0.2, -0.15) is 0 Å². The molecule has 1 fully saturated rings. The van der Waals surface area contributed by atoms with Gasteiger partial charge in [0.15, 0.2) is 0 Å². The Kier molecular flexibility index (Phi) is 5.06. The first-order valence-electron chi connectivity index (χ1n) is 6.31. The summed E-state index contributed by atoms with van der Waals surface area (Å²) in [6.45, 7) is 4.19. The molecule has 19 heavy (non-hydrogen) atoms. The second-order valence-corrected chi connectivity index (χ2v) is 6.23. The molecule has 0 unspecified atom stereocenters. The van der Waals surface area contributed by atoms with E-state index in [2.05, 4.69) is 26.2 Å². The van der Waals surface area contributed by atoms with Crippen LogP contribution >= 0.6 is 27.5 Å². The highest BCUT2D eigenvalue weighted by molar-refractivity contribution is 9.10. The molecule has 0 atom stereocenters. The number of hydrogen-bond donors (Lipinski definition) is 2. The van der Waals surface area contributed by atoms with Crippen molar-refractivity contribution in [3.63, 3.8) is 0 Å². The Hall–Kier alpha value is -0.360. The molecular weight excluding hydrogens is 332 g/mol. The lowest BCUT2D eigenvalue weighted by Gasteiger charge is -2.35. The molecule has 1 aromatic rings. The minimum atomic E-state index is -0.129. The number of aliphatic hydroxyl groups excluding tert-OH is 1. The van der Waals surface area contributed by atoms with E-state index in [1.807, 2.05) is 13.0 Å². The zero-order valence-corrected chi connectivity index (χ0v) is 13.2. The van der Waals surface area contributed by atoms with Crippen LogP contribution in [0, 0.1) is 12.3 Å². The lowest BCUT2D eigenvalue weighted by molar-refractivity contribution is -0.00862. The number of rotatable bonds is 4. The molecule has 1 aromatic heterocycles. The third kappa shape index (κ3) is 3.60. The summed E-state index contributed by atoms with van der Waals surface area (Å²) >= 11 is 9.48. The van der Waals surface area contributed by atoms with E-state index < -0.39 is 0 Å². The number of nitrogens with one attached hydrogen (secondary N) is 1. The number of ether oxygens (including phenoxy) is 1. The van der Waals surface area contributed by atoms with Crippen LogP contribution in [0.5, 0.6) is 0 Å². The molecule has 0 bridgehead atoms. The molecule has 2 N–H and O–H groups in total. The molecule has 1 saturated heterocycles. The van der Waals surface area contributed by atoms with E-state index in [9.17, 15) is 5.11 Å².